The fourth-order valence-electron chi connectivity index (χ4n) is 1.45. The van der Waals surface area contributed by atoms with Crippen LogP contribution >= 0.6 is 0 Å². The molecule has 0 saturated heterocycles. The normalized spacial score (nSPS) is 15.7. The van der Waals surface area contributed by atoms with E-state index < -0.39 is 15.5 Å². The zero-order valence-corrected chi connectivity index (χ0v) is 10.0. The van der Waals surface area contributed by atoms with Crippen molar-refractivity contribution < 1.29 is 12.8 Å². The third kappa shape index (κ3) is 3.57. The topological polar surface area (TPSA) is 60.2 Å². The molecule has 0 fully saturated rings. The van der Waals surface area contributed by atoms with Crippen molar-refractivity contribution in [2.45, 2.75) is 12.1 Å². The Morgan fingerprint density at radius 3 is 2.31 bits per heavy atom. The van der Waals surface area contributed by atoms with Gasteiger partial charge in [-0.2, -0.15) is 0 Å². The van der Waals surface area contributed by atoms with Crippen LogP contribution in [0, 0.1) is 0 Å². The van der Waals surface area contributed by atoms with E-state index in [9.17, 15) is 12.8 Å². The summed E-state index contributed by atoms with van der Waals surface area (Å²) < 4.78 is 36.4. The van der Waals surface area contributed by atoms with Crippen molar-refractivity contribution in [3.8, 4) is 0 Å². The summed E-state index contributed by atoms with van der Waals surface area (Å²) in [7, 11) is -3.17. The summed E-state index contributed by atoms with van der Waals surface area (Å²) in [6.45, 7) is -0.216. The molecule has 0 heterocycles. The fraction of sp³-hybridized carbons (Fsp3) is 0.455. The number of hydrogen-bond donors (Lipinski definition) is 1. The lowest BCUT2D eigenvalue weighted by molar-refractivity contribution is 0.170. The molecule has 3 nitrogen and oxygen atoms in total. The molecule has 0 saturated carbocycles. The lowest BCUT2D eigenvalue weighted by Crippen LogP contribution is -2.32. The van der Waals surface area contributed by atoms with Crippen LogP contribution < -0.4 is 5.73 Å². The van der Waals surface area contributed by atoms with E-state index in [1.807, 2.05) is 0 Å². The van der Waals surface area contributed by atoms with Gasteiger partial charge >= 0.3 is 0 Å². The van der Waals surface area contributed by atoms with Crippen LogP contribution in [0.4, 0.5) is 4.39 Å². The molecule has 5 heteroatoms. The molecule has 0 spiro atoms. The number of sulfone groups is 1. The Morgan fingerprint density at radius 2 is 1.88 bits per heavy atom. The minimum Gasteiger partial charge on any atom is -0.327 e. The average molecular weight is 245 g/mol. The molecule has 0 aliphatic rings. The molecule has 0 bridgehead atoms. The maximum absolute atomic E-state index is 14.4. The van der Waals surface area contributed by atoms with Crippen molar-refractivity contribution in [2.24, 2.45) is 5.73 Å². The van der Waals surface area contributed by atoms with Crippen LogP contribution in [0.5, 0.6) is 0 Å². The first-order chi connectivity index (χ1) is 7.37. The van der Waals surface area contributed by atoms with Gasteiger partial charge in [0.25, 0.3) is 0 Å². The highest BCUT2D eigenvalue weighted by molar-refractivity contribution is 7.90. The Kier molecular flexibility index (Phi) is 4.04. The SMILES string of the molecule is CS(=O)(=O)CCC(F)(CN)c1ccccc1. The number of alkyl halides is 1. The molecule has 16 heavy (non-hydrogen) atoms. The average Bonchev–Trinajstić information content (AvgIpc) is 2.26. The smallest absolute Gasteiger partial charge is 0.149 e. The van der Waals surface area contributed by atoms with Gasteiger partial charge in [-0.05, 0) is 5.56 Å². The summed E-state index contributed by atoms with van der Waals surface area (Å²) >= 11 is 0. The molecule has 0 aromatic heterocycles. The molecule has 0 amide bonds. The minimum absolute atomic E-state index is 0.105. The zero-order chi connectivity index (χ0) is 12.2. The van der Waals surface area contributed by atoms with Crippen LogP contribution in [-0.2, 0) is 15.5 Å². The van der Waals surface area contributed by atoms with Gasteiger partial charge < -0.3 is 5.73 Å². The molecule has 90 valence electrons. The van der Waals surface area contributed by atoms with Crippen LogP contribution in [0.1, 0.15) is 12.0 Å². The zero-order valence-electron chi connectivity index (χ0n) is 9.19. The van der Waals surface area contributed by atoms with Crippen molar-refractivity contribution in [1.29, 1.82) is 0 Å². The van der Waals surface area contributed by atoms with Gasteiger partial charge in [-0.15, -0.1) is 0 Å². The van der Waals surface area contributed by atoms with E-state index in [0.717, 1.165) is 6.26 Å². The van der Waals surface area contributed by atoms with Crippen LogP contribution in [0.15, 0.2) is 30.3 Å². The van der Waals surface area contributed by atoms with E-state index in [1.54, 1.807) is 30.3 Å². The number of rotatable bonds is 5. The van der Waals surface area contributed by atoms with Gasteiger partial charge in [0.2, 0.25) is 0 Å². The van der Waals surface area contributed by atoms with Gasteiger partial charge in [0.05, 0.1) is 5.75 Å². The Bertz CT molecular complexity index is 433. The standard InChI is InChI=1S/C11H16FNO2S/c1-16(14,15)8-7-11(12,9-13)10-5-3-2-4-6-10/h2-6H,7-9,13H2,1H3. The molecular weight excluding hydrogens is 229 g/mol. The minimum atomic E-state index is -3.17. The predicted molar refractivity (Wildman–Crippen MR) is 62.6 cm³/mol. The number of halogens is 1. The number of nitrogens with two attached hydrogens (primary N) is 1. The third-order valence-corrected chi connectivity index (χ3v) is 3.43. The third-order valence-electron chi connectivity index (χ3n) is 2.48. The van der Waals surface area contributed by atoms with Crippen molar-refractivity contribution in [1.82, 2.24) is 0 Å². The summed E-state index contributed by atoms with van der Waals surface area (Å²) in [5, 5.41) is 0. The highest BCUT2D eigenvalue weighted by Crippen LogP contribution is 2.28. The lowest BCUT2D eigenvalue weighted by Gasteiger charge is -2.23. The van der Waals surface area contributed by atoms with Gasteiger partial charge in [-0.3, -0.25) is 0 Å². The van der Waals surface area contributed by atoms with Crippen LogP contribution in [0.3, 0.4) is 0 Å². The maximum Gasteiger partial charge on any atom is 0.149 e. The summed E-state index contributed by atoms with van der Waals surface area (Å²) in [5.41, 5.74) is 4.07. The highest BCUT2D eigenvalue weighted by Gasteiger charge is 2.31. The van der Waals surface area contributed by atoms with Crippen molar-refractivity contribution >= 4 is 9.84 Å². The summed E-state index contributed by atoms with van der Waals surface area (Å²) in [5.74, 6) is -0.199. The quantitative estimate of drug-likeness (QED) is 0.849. The molecule has 1 aromatic carbocycles. The molecule has 1 unspecified atom stereocenters. The molecule has 0 radical (unpaired) electrons. The van der Waals surface area contributed by atoms with Crippen molar-refractivity contribution in [3.05, 3.63) is 35.9 Å². The fourth-order valence-corrected chi connectivity index (χ4v) is 2.14. The van der Waals surface area contributed by atoms with Gasteiger partial charge in [-0.25, -0.2) is 12.8 Å². The summed E-state index contributed by atoms with van der Waals surface area (Å²) in [6.07, 6.45) is 0.987. The largest absolute Gasteiger partial charge is 0.327 e. The first-order valence-corrected chi connectivity index (χ1v) is 7.06. The Morgan fingerprint density at radius 1 is 1.31 bits per heavy atom. The first kappa shape index (κ1) is 13.1. The predicted octanol–water partition coefficient (Wildman–Crippen LogP) is 1.24. The van der Waals surface area contributed by atoms with Crippen LogP contribution in [0.2, 0.25) is 0 Å². The van der Waals surface area contributed by atoms with Crippen molar-refractivity contribution in [2.75, 3.05) is 18.6 Å². The van der Waals surface area contributed by atoms with E-state index in [2.05, 4.69) is 0 Å². The summed E-state index contributed by atoms with van der Waals surface area (Å²) in [4.78, 5) is 0. The molecule has 1 atom stereocenters. The number of hydrogen-bond acceptors (Lipinski definition) is 3. The van der Waals surface area contributed by atoms with Gasteiger partial charge in [0, 0.05) is 19.2 Å². The Balaban J connectivity index is 2.87. The molecule has 0 aliphatic carbocycles. The van der Waals surface area contributed by atoms with Gasteiger partial charge in [0.1, 0.15) is 15.5 Å². The number of benzene rings is 1. The highest BCUT2D eigenvalue weighted by atomic mass is 32.2. The van der Waals surface area contributed by atoms with E-state index in [0.29, 0.717) is 5.56 Å². The lowest BCUT2D eigenvalue weighted by atomic mass is 9.93. The van der Waals surface area contributed by atoms with Crippen LogP contribution in [0.25, 0.3) is 0 Å². The molecular formula is C11H16FNO2S. The monoisotopic (exact) mass is 245 g/mol. The van der Waals surface area contributed by atoms with E-state index in [-0.39, 0.29) is 18.7 Å². The van der Waals surface area contributed by atoms with Gasteiger partial charge in [0.15, 0.2) is 0 Å². The molecule has 0 aliphatic heterocycles. The van der Waals surface area contributed by atoms with E-state index >= 15 is 0 Å². The Hall–Kier alpha value is -0.940. The second-order valence-electron chi connectivity index (χ2n) is 3.92. The van der Waals surface area contributed by atoms with Crippen molar-refractivity contribution in [3.63, 3.8) is 0 Å². The molecule has 2 N–H and O–H groups in total. The van der Waals surface area contributed by atoms with E-state index in [1.165, 1.54) is 0 Å². The molecule has 1 rings (SSSR count). The second kappa shape index (κ2) is 4.93. The van der Waals surface area contributed by atoms with Gasteiger partial charge in [-0.1, -0.05) is 30.3 Å². The second-order valence-corrected chi connectivity index (χ2v) is 6.18. The summed E-state index contributed by atoms with van der Waals surface area (Å²) in [6, 6.07) is 8.43. The van der Waals surface area contributed by atoms with Crippen LogP contribution in [-0.4, -0.2) is 27.0 Å². The maximum atomic E-state index is 14.4. The Labute approximate surface area is 95.4 Å². The van der Waals surface area contributed by atoms with E-state index in [4.69, 9.17) is 5.73 Å². The molecule has 1 aromatic rings. The first-order valence-electron chi connectivity index (χ1n) is 5.00.